The van der Waals surface area contributed by atoms with Crippen LogP contribution in [0.3, 0.4) is 0 Å². The van der Waals surface area contributed by atoms with E-state index in [2.05, 4.69) is 81.5 Å². The Morgan fingerprint density at radius 2 is 0.759 bits per heavy atom. The van der Waals surface area contributed by atoms with Crippen LogP contribution >= 0.6 is 0 Å². The lowest BCUT2D eigenvalue weighted by atomic mass is 9.98. The maximum absolute atomic E-state index is 13.2. The van der Waals surface area contributed by atoms with Crippen LogP contribution in [0.4, 0.5) is 0 Å². The number of esters is 3. The molecular weight excluding hydrogens is 1040 g/mol. The van der Waals surface area contributed by atoms with Crippen molar-refractivity contribution in [2.45, 2.75) is 353 Å². The molecule has 0 aromatic carbocycles. The molecule has 1 heterocycles. The van der Waals surface area contributed by atoms with Crippen LogP contribution in [0, 0.1) is 0 Å². The Labute approximate surface area is 506 Å². The van der Waals surface area contributed by atoms with E-state index in [1.165, 1.54) is 161 Å². The number of hydrogen-bond donors (Lipinski definition) is 3. The van der Waals surface area contributed by atoms with E-state index in [1.807, 2.05) is 0 Å². The lowest BCUT2D eigenvalue weighted by molar-refractivity contribution is -0.301. The first-order chi connectivity index (χ1) is 40.6. The first-order valence-electron chi connectivity index (χ1n) is 34.3. The molecule has 12 nitrogen and oxygen atoms in total. The third-order valence-electron chi connectivity index (χ3n) is 15.6. The molecule has 1 aliphatic rings. The van der Waals surface area contributed by atoms with Crippen molar-refractivity contribution in [2.24, 2.45) is 0 Å². The van der Waals surface area contributed by atoms with Crippen molar-refractivity contribution in [3.8, 4) is 0 Å². The fraction of sp³-hybridized carbons (Fsp3) is 0.803. The Kier molecular flexibility index (Phi) is 54.8. The maximum atomic E-state index is 13.2. The second-order valence-corrected chi connectivity index (χ2v) is 23.4. The second-order valence-electron chi connectivity index (χ2n) is 23.4. The Balaban J connectivity index is 2.65. The lowest BCUT2D eigenvalue weighted by Crippen LogP contribution is -2.61. The number of hydrogen-bond acceptors (Lipinski definition) is 11. The number of carbonyl (C=O) groups is 4. The molecule has 0 amide bonds. The van der Waals surface area contributed by atoms with Crippen LogP contribution < -0.4 is 0 Å². The highest BCUT2D eigenvalue weighted by molar-refractivity contribution is 5.74. The highest BCUT2D eigenvalue weighted by Crippen LogP contribution is 2.27. The largest absolute Gasteiger partial charge is 0.479 e. The molecule has 0 aliphatic carbocycles. The molecule has 1 rings (SSSR count). The summed E-state index contributed by atoms with van der Waals surface area (Å²) in [6.07, 6.45) is 61.8. The van der Waals surface area contributed by atoms with Gasteiger partial charge in [-0.1, -0.05) is 293 Å². The normalized spacial score (nSPS) is 17.9. The minimum Gasteiger partial charge on any atom is -0.479 e. The quantitative estimate of drug-likeness (QED) is 0.0228. The molecule has 0 aromatic rings. The number of aliphatic hydroxyl groups is 2. The highest BCUT2D eigenvalue weighted by atomic mass is 16.7. The summed E-state index contributed by atoms with van der Waals surface area (Å²) < 4.78 is 28.6. The first-order valence-corrected chi connectivity index (χ1v) is 34.3. The van der Waals surface area contributed by atoms with Gasteiger partial charge in [-0.05, 0) is 64.2 Å². The van der Waals surface area contributed by atoms with Crippen LogP contribution in [-0.4, -0.2) is 89.2 Å². The summed E-state index contributed by atoms with van der Waals surface area (Å²) >= 11 is 0. The van der Waals surface area contributed by atoms with E-state index in [-0.39, 0.29) is 25.9 Å². The van der Waals surface area contributed by atoms with Crippen molar-refractivity contribution < 1.29 is 58.2 Å². The molecular formula is C71H124O12. The Morgan fingerprint density at radius 3 is 1.16 bits per heavy atom. The second kappa shape index (κ2) is 58.8. The standard InChI is InChI=1S/C71H124O12/c1-4-7-10-13-16-19-22-25-28-30-32-34-37-39-42-45-48-51-54-57-63(72)79-60-62(81-64(73)58-55-52-49-46-43-41-38-35-33-31-29-26-23-20-17-14-11-8-5-2)61-80-71-69(67(76)66(75)68(83-71)70(77)78)82-65(74)59-56-53-50-47-44-40-36-27-24-21-18-15-12-9-6-3/h7,10,16,19,25,28,32,34,39,42,62,66-69,71,75-76H,4-6,8-9,11-15,17-18,20-24,26-27,29-31,33,35-38,40-41,43-61H2,1-3H3,(H,77,78)/b10-7-,19-16-,28-25-,34-32-,42-39-. The first kappa shape index (κ1) is 77.4. The van der Waals surface area contributed by atoms with Crippen LogP contribution in [0.25, 0.3) is 0 Å². The minimum atomic E-state index is -1.91. The van der Waals surface area contributed by atoms with Gasteiger partial charge in [0.05, 0.1) is 6.61 Å². The van der Waals surface area contributed by atoms with Crippen molar-refractivity contribution in [1.82, 2.24) is 0 Å². The summed E-state index contributed by atoms with van der Waals surface area (Å²) in [7, 11) is 0. The smallest absolute Gasteiger partial charge is 0.335 e. The van der Waals surface area contributed by atoms with Gasteiger partial charge in [0.1, 0.15) is 18.8 Å². The molecule has 0 saturated carbocycles. The van der Waals surface area contributed by atoms with Gasteiger partial charge in [0.2, 0.25) is 0 Å². The zero-order valence-corrected chi connectivity index (χ0v) is 53.2. The lowest BCUT2D eigenvalue weighted by Gasteiger charge is -2.40. The van der Waals surface area contributed by atoms with Crippen LogP contribution in [0.2, 0.25) is 0 Å². The average molecular weight is 1170 g/mol. The van der Waals surface area contributed by atoms with Crippen molar-refractivity contribution in [3.63, 3.8) is 0 Å². The number of carboxylic acids is 1. The summed E-state index contributed by atoms with van der Waals surface area (Å²) in [5.41, 5.74) is 0. The molecule has 3 N–H and O–H groups in total. The summed E-state index contributed by atoms with van der Waals surface area (Å²) in [5, 5.41) is 31.6. The van der Waals surface area contributed by atoms with Crippen molar-refractivity contribution in [3.05, 3.63) is 60.8 Å². The molecule has 0 radical (unpaired) electrons. The summed E-state index contributed by atoms with van der Waals surface area (Å²) in [4.78, 5) is 51.4. The Bertz CT molecular complexity index is 1670. The summed E-state index contributed by atoms with van der Waals surface area (Å²) in [6, 6.07) is 0. The minimum absolute atomic E-state index is 0.0612. The average Bonchev–Trinajstić information content (AvgIpc) is 3.58. The third-order valence-corrected chi connectivity index (χ3v) is 15.6. The van der Waals surface area contributed by atoms with E-state index in [4.69, 9.17) is 23.7 Å². The van der Waals surface area contributed by atoms with Crippen LogP contribution in [0.1, 0.15) is 316 Å². The fourth-order valence-electron chi connectivity index (χ4n) is 10.4. The van der Waals surface area contributed by atoms with Gasteiger partial charge in [0, 0.05) is 19.3 Å². The van der Waals surface area contributed by atoms with Gasteiger partial charge in [-0.3, -0.25) is 14.4 Å². The molecule has 0 aromatic heterocycles. The number of ether oxygens (including phenoxy) is 5. The number of carbonyl (C=O) groups excluding carboxylic acids is 3. The molecule has 6 atom stereocenters. The number of aliphatic hydroxyl groups excluding tert-OH is 2. The van der Waals surface area contributed by atoms with E-state index in [9.17, 15) is 34.5 Å². The molecule has 0 spiro atoms. The predicted molar refractivity (Wildman–Crippen MR) is 340 cm³/mol. The van der Waals surface area contributed by atoms with Gasteiger partial charge in [-0.2, -0.15) is 0 Å². The van der Waals surface area contributed by atoms with E-state index in [0.29, 0.717) is 19.3 Å². The van der Waals surface area contributed by atoms with Gasteiger partial charge >= 0.3 is 23.9 Å². The highest BCUT2D eigenvalue weighted by Gasteiger charge is 2.50. The van der Waals surface area contributed by atoms with Crippen LogP contribution in [-0.2, 0) is 42.9 Å². The zero-order chi connectivity index (χ0) is 60.3. The maximum Gasteiger partial charge on any atom is 0.335 e. The SMILES string of the molecule is CC/C=C\C/C=C\C/C=C\C/C=C\C/C=C\CCCCCC(=O)OCC(COC1OC(C(=O)O)C(O)C(O)C1OC(=O)CCCCCCCCCCCCCCCCC)OC(=O)CCCCCCCCCCCCCCCCCCCCC. The monoisotopic (exact) mass is 1170 g/mol. The summed E-state index contributed by atoms with van der Waals surface area (Å²) in [6.45, 7) is 5.91. The number of rotatable bonds is 59. The van der Waals surface area contributed by atoms with Gasteiger partial charge in [-0.25, -0.2) is 4.79 Å². The summed E-state index contributed by atoms with van der Waals surface area (Å²) in [5.74, 6) is -3.13. The van der Waals surface area contributed by atoms with Gasteiger partial charge in [-0.15, -0.1) is 0 Å². The molecule has 1 fully saturated rings. The Morgan fingerprint density at radius 1 is 0.410 bits per heavy atom. The zero-order valence-electron chi connectivity index (χ0n) is 53.2. The van der Waals surface area contributed by atoms with Crippen molar-refractivity contribution >= 4 is 23.9 Å². The van der Waals surface area contributed by atoms with E-state index in [0.717, 1.165) is 96.3 Å². The van der Waals surface area contributed by atoms with Gasteiger partial charge < -0.3 is 39.0 Å². The molecule has 1 saturated heterocycles. The number of aliphatic carboxylic acids is 1. The number of unbranched alkanes of at least 4 members (excludes halogenated alkanes) is 35. The van der Waals surface area contributed by atoms with Crippen LogP contribution in [0.5, 0.6) is 0 Å². The molecule has 0 bridgehead atoms. The molecule has 480 valence electrons. The van der Waals surface area contributed by atoms with Gasteiger partial charge in [0.25, 0.3) is 0 Å². The molecule has 83 heavy (non-hydrogen) atoms. The van der Waals surface area contributed by atoms with Crippen molar-refractivity contribution in [2.75, 3.05) is 13.2 Å². The van der Waals surface area contributed by atoms with E-state index < -0.39 is 67.3 Å². The fourth-order valence-corrected chi connectivity index (χ4v) is 10.4. The molecule has 12 heteroatoms. The van der Waals surface area contributed by atoms with Crippen molar-refractivity contribution in [1.29, 1.82) is 0 Å². The molecule has 1 aliphatic heterocycles. The van der Waals surface area contributed by atoms with Gasteiger partial charge in [0.15, 0.2) is 24.6 Å². The third kappa shape index (κ3) is 48.3. The van der Waals surface area contributed by atoms with E-state index in [1.54, 1.807) is 0 Å². The van der Waals surface area contributed by atoms with E-state index >= 15 is 0 Å². The van der Waals surface area contributed by atoms with Crippen LogP contribution in [0.15, 0.2) is 60.8 Å². The number of carboxylic acid groups (broad SMARTS) is 1. The molecule has 6 unspecified atom stereocenters. The number of allylic oxidation sites excluding steroid dienone is 10. The Hall–Kier alpha value is -3.58. The topological polar surface area (TPSA) is 175 Å². The predicted octanol–water partition coefficient (Wildman–Crippen LogP) is 18.7.